The third-order valence-electron chi connectivity index (χ3n) is 5.61. The van der Waals surface area contributed by atoms with Gasteiger partial charge in [0.25, 0.3) is 5.91 Å². The highest BCUT2D eigenvalue weighted by molar-refractivity contribution is 6.10. The van der Waals surface area contributed by atoms with E-state index < -0.39 is 5.54 Å². The number of aromatic nitrogens is 2. The average molecular weight is 380 g/mol. The summed E-state index contributed by atoms with van der Waals surface area (Å²) in [5.41, 5.74) is -0.147. The zero-order valence-corrected chi connectivity index (χ0v) is 16.6. The first kappa shape index (κ1) is 20.0. The molecule has 28 heavy (non-hydrogen) atoms. The van der Waals surface area contributed by atoms with Crippen LogP contribution in [0.4, 0.5) is 5.69 Å². The van der Waals surface area contributed by atoms with Gasteiger partial charge in [0.15, 0.2) is 0 Å². The van der Waals surface area contributed by atoms with Gasteiger partial charge in [0.05, 0.1) is 6.20 Å². The van der Waals surface area contributed by atoms with Crippen LogP contribution >= 0.6 is 0 Å². The molecule has 6 heteroatoms. The Morgan fingerprint density at radius 2 is 1.86 bits per heavy atom. The van der Waals surface area contributed by atoms with E-state index in [0.29, 0.717) is 12.1 Å². The Morgan fingerprint density at radius 1 is 1.14 bits per heavy atom. The Bertz CT molecular complexity index is 791. The minimum absolute atomic E-state index is 0.122. The van der Waals surface area contributed by atoms with E-state index in [4.69, 9.17) is 0 Å². The van der Waals surface area contributed by atoms with Crippen molar-refractivity contribution in [3.8, 4) is 0 Å². The van der Waals surface area contributed by atoms with Crippen molar-refractivity contribution in [2.75, 3.05) is 4.90 Å². The highest BCUT2D eigenvalue weighted by Gasteiger charge is 2.43. The number of nitrogens with zero attached hydrogens (tertiary/aromatic N) is 3. The highest BCUT2D eigenvalue weighted by Crippen LogP contribution is 2.30. The van der Waals surface area contributed by atoms with Gasteiger partial charge in [-0.15, -0.1) is 0 Å². The number of carbonyl (C=O) groups is 2. The van der Waals surface area contributed by atoms with Crippen molar-refractivity contribution in [1.29, 1.82) is 0 Å². The SMILES string of the molecule is CC[C@](C)(C(=O)NC1CCCCC1)N(C(=O)c1cnccn1)c1ccccc1. The normalized spacial score (nSPS) is 16.8. The monoisotopic (exact) mass is 380 g/mol. The molecule has 0 radical (unpaired) electrons. The summed E-state index contributed by atoms with van der Waals surface area (Å²) in [7, 11) is 0. The van der Waals surface area contributed by atoms with E-state index >= 15 is 0 Å². The molecule has 1 N–H and O–H groups in total. The second-order valence-corrected chi connectivity index (χ2v) is 7.50. The minimum Gasteiger partial charge on any atom is -0.351 e. The summed E-state index contributed by atoms with van der Waals surface area (Å²) in [6, 6.07) is 9.48. The Balaban J connectivity index is 1.96. The molecule has 1 fully saturated rings. The fourth-order valence-electron chi connectivity index (χ4n) is 3.74. The van der Waals surface area contributed by atoms with E-state index in [9.17, 15) is 9.59 Å². The van der Waals surface area contributed by atoms with Crippen molar-refractivity contribution >= 4 is 17.5 Å². The van der Waals surface area contributed by atoms with Gasteiger partial charge >= 0.3 is 0 Å². The molecule has 2 amide bonds. The summed E-state index contributed by atoms with van der Waals surface area (Å²) in [6.07, 6.45) is 10.4. The van der Waals surface area contributed by atoms with Crippen LogP contribution in [0.15, 0.2) is 48.9 Å². The third kappa shape index (κ3) is 4.21. The van der Waals surface area contributed by atoms with Crippen LogP contribution in [-0.4, -0.2) is 33.4 Å². The first-order chi connectivity index (χ1) is 13.6. The fourth-order valence-corrected chi connectivity index (χ4v) is 3.74. The van der Waals surface area contributed by atoms with Gasteiger partial charge in [0.2, 0.25) is 5.91 Å². The minimum atomic E-state index is -1.03. The molecule has 1 atom stereocenters. The molecule has 1 heterocycles. The maximum atomic E-state index is 13.4. The number of hydrogen-bond donors (Lipinski definition) is 1. The molecule has 1 aromatic carbocycles. The molecule has 0 unspecified atom stereocenters. The molecule has 1 aliphatic carbocycles. The van der Waals surface area contributed by atoms with Crippen LogP contribution in [0.2, 0.25) is 0 Å². The van der Waals surface area contributed by atoms with Crippen molar-refractivity contribution in [3.05, 3.63) is 54.6 Å². The molecule has 3 rings (SSSR count). The van der Waals surface area contributed by atoms with E-state index in [2.05, 4.69) is 15.3 Å². The molecule has 1 saturated carbocycles. The van der Waals surface area contributed by atoms with Crippen molar-refractivity contribution in [1.82, 2.24) is 15.3 Å². The molecule has 1 aliphatic rings. The van der Waals surface area contributed by atoms with E-state index in [1.54, 1.807) is 4.90 Å². The number of benzene rings is 1. The topological polar surface area (TPSA) is 75.2 Å². The summed E-state index contributed by atoms with van der Waals surface area (Å²) in [6.45, 7) is 3.76. The molecule has 2 aromatic rings. The Hall–Kier alpha value is -2.76. The second-order valence-electron chi connectivity index (χ2n) is 7.50. The fraction of sp³-hybridized carbons (Fsp3) is 0.455. The quantitative estimate of drug-likeness (QED) is 0.828. The Morgan fingerprint density at radius 3 is 2.46 bits per heavy atom. The van der Waals surface area contributed by atoms with Crippen LogP contribution in [0.5, 0.6) is 0 Å². The van der Waals surface area contributed by atoms with Crippen LogP contribution < -0.4 is 10.2 Å². The van der Waals surface area contributed by atoms with Gasteiger partial charge in [-0.1, -0.05) is 44.4 Å². The molecule has 0 spiro atoms. The lowest BCUT2D eigenvalue weighted by molar-refractivity contribution is -0.126. The number of amides is 2. The van der Waals surface area contributed by atoms with Gasteiger partial charge in [0.1, 0.15) is 11.2 Å². The van der Waals surface area contributed by atoms with Gasteiger partial charge < -0.3 is 5.32 Å². The summed E-state index contributed by atoms with van der Waals surface area (Å²) in [4.78, 5) is 36.5. The highest BCUT2D eigenvalue weighted by atomic mass is 16.2. The average Bonchev–Trinajstić information content (AvgIpc) is 2.75. The molecule has 0 bridgehead atoms. The standard InChI is InChI=1S/C22H28N4O2/c1-3-22(2,21(28)25-17-10-6-4-7-11-17)26(18-12-8-5-9-13-18)20(27)19-16-23-14-15-24-19/h5,8-9,12-17H,3-4,6-7,10-11H2,1-2H3,(H,25,28)/t22-/m1/s1. The van der Waals surface area contributed by atoms with E-state index in [0.717, 1.165) is 25.7 Å². The summed E-state index contributed by atoms with van der Waals surface area (Å²) < 4.78 is 0. The van der Waals surface area contributed by atoms with Crippen molar-refractivity contribution in [2.45, 2.75) is 64.0 Å². The van der Waals surface area contributed by atoms with Gasteiger partial charge in [-0.25, -0.2) is 4.98 Å². The molecule has 0 aliphatic heterocycles. The summed E-state index contributed by atoms with van der Waals surface area (Å²) >= 11 is 0. The summed E-state index contributed by atoms with van der Waals surface area (Å²) in [5.74, 6) is -0.453. The van der Waals surface area contributed by atoms with Gasteiger partial charge in [-0.05, 0) is 38.3 Å². The molecule has 6 nitrogen and oxygen atoms in total. The molecule has 148 valence electrons. The van der Waals surface area contributed by atoms with Crippen LogP contribution in [0.25, 0.3) is 0 Å². The number of rotatable bonds is 6. The third-order valence-corrected chi connectivity index (χ3v) is 5.61. The zero-order chi connectivity index (χ0) is 20.0. The van der Waals surface area contributed by atoms with Crippen LogP contribution in [-0.2, 0) is 4.79 Å². The number of carbonyl (C=O) groups excluding carboxylic acids is 2. The van der Waals surface area contributed by atoms with Gasteiger partial charge in [-0.2, -0.15) is 0 Å². The van der Waals surface area contributed by atoms with Gasteiger partial charge in [0, 0.05) is 24.1 Å². The molecule has 0 saturated heterocycles. The van der Waals surface area contributed by atoms with Gasteiger partial charge in [-0.3, -0.25) is 19.5 Å². The number of anilines is 1. The van der Waals surface area contributed by atoms with E-state index in [1.807, 2.05) is 44.2 Å². The molecular weight excluding hydrogens is 352 g/mol. The van der Waals surface area contributed by atoms with Crippen molar-refractivity contribution in [3.63, 3.8) is 0 Å². The molecule has 1 aromatic heterocycles. The predicted octanol–water partition coefficient (Wildman–Crippen LogP) is 3.74. The predicted molar refractivity (Wildman–Crippen MR) is 109 cm³/mol. The van der Waals surface area contributed by atoms with Crippen molar-refractivity contribution in [2.24, 2.45) is 0 Å². The lowest BCUT2D eigenvalue weighted by atomic mass is 9.90. The van der Waals surface area contributed by atoms with Crippen molar-refractivity contribution < 1.29 is 9.59 Å². The maximum absolute atomic E-state index is 13.4. The van der Waals surface area contributed by atoms with E-state index in [-0.39, 0.29) is 23.6 Å². The zero-order valence-electron chi connectivity index (χ0n) is 16.6. The molecular formula is C22H28N4O2. The smallest absolute Gasteiger partial charge is 0.279 e. The number of hydrogen-bond acceptors (Lipinski definition) is 4. The second kappa shape index (κ2) is 8.95. The van der Waals surface area contributed by atoms with E-state index in [1.165, 1.54) is 25.0 Å². The van der Waals surface area contributed by atoms with Crippen LogP contribution in [0.3, 0.4) is 0 Å². The Labute approximate surface area is 166 Å². The largest absolute Gasteiger partial charge is 0.351 e. The Kier molecular flexibility index (Phi) is 6.39. The maximum Gasteiger partial charge on any atom is 0.279 e. The van der Waals surface area contributed by atoms with Crippen LogP contribution in [0, 0.1) is 0 Å². The lowest BCUT2D eigenvalue weighted by Gasteiger charge is -2.40. The lowest BCUT2D eigenvalue weighted by Crippen LogP contribution is -2.60. The number of para-hydroxylation sites is 1. The first-order valence-corrected chi connectivity index (χ1v) is 10.0. The number of nitrogens with one attached hydrogen (secondary N) is 1. The van der Waals surface area contributed by atoms with Crippen LogP contribution in [0.1, 0.15) is 62.9 Å². The first-order valence-electron chi connectivity index (χ1n) is 10.0. The summed E-state index contributed by atoms with van der Waals surface area (Å²) in [5, 5.41) is 3.20.